The van der Waals surface area contributed by atoms with Crippen molar-refractivity contribution in [3.05, 3.63) is 56.8 Å². The Morgan fingerprint density at radius 2 is 1.83 bits per heavy atom. The van der Waals surface area contributed by atoms with Crippen molar-refractivity contribution in [3.8, 4) is 0 Å². The van der Waals surface area contributed by atoms with E-state index in [0.717, 1.165) is 16.5 Å². The van der Waals surface area contributed by atoms with Gasteiger partial charge in [0, 0.05) is 21.4 Å². The van der Waals surface area contributed by atoms with Crippen molar-refractivity contribution in [2.24, 2.45) is 0 Å². The zero-order valence-corrected chi connectivity index (χ0v) is 11.4. The van der Waals surface area contributed by atoms with E-state index in [1.54, 1.807) is 18.4 Å². The maximum Gasteiger partial charge on any atom is 0.131 e. The Kier molecular flexibility index (Phi) is 3.78. The van der Waals surface area contributed by atoms with Crippen LogP contribution in [-0.2, 0) is 0 Å². The molecule has 1 nitrogen and oxygen atoms in total. The first kappa shape index (κ1) is 13.2. The molecule has 1 N–H and O–H groups in total. The third kappa shape index (κ3) is 2.44. The second kappa shape index (κ2) is 5.16. The van der Waals surface area contributed by atoms with E-state index in [1.165, 1.54) is 17.0 Å². The first-order valence-corrected chi connectivity index (χ1v) is 6.53. The molecular formula is C14H15F2NS. The molecule has 0 aliphatic carbocycles. The van der Waals surface area contributed by atoms with Crippen LogP contribution in [0.3, 0.4) is 0 Å². The first-order valence-electron chi connectivity index (χ1n) is 5.72. The van der Waals surface area contributed by atoms with Crippen LogP contribution in [0.25, 0.3) is 0 Å². The van der Waals surface area contributed by atoms with E-state index in [-0.39, 0.29) is 6.04 Å². The maximum atomic E-state index is 13.8. The third-order valence-corrected chi connectivity index (χ3v) is 3.93. The van der Waals surface area contributed by atoms with Crippen molar-refractivity contribution in [1.29, 1.82) is 0 Å². The van der Waals surface area contributed by atoms with E-state index >= 15 is 0 Å². The van der Waals surface area contributed by atoms with Crippen molar-refractivity contribution in [2.45, 2.75) is 19.9 Å². The largest absolute Gasteiger partial charge is 0.309 e. The van der Waals surface area contributed by atoms with Crippen molar-refractivity contribution in [2.75, 3.05) is 7.05 Å². The molecule has 0 aliphatic heterocycles. The minimum Gasteiger partial charge on any atom is -0.309 e. The Hall–Kier alpha value is -1.26. The number of hydrogen-bond donors (Lipinski definition) is 1. The Labute approximate surface area is 109 Å². The van der Waals surface area contributed by atoms with Crippen molar-refractivity contribution < 1.29 is 8.78 Å². The molecule has 1 heterocycles. The molecule has 0 radical (unpaired) electrons. The fourth-order valence-corrected chi connectivity index (χ4v) is 3.11. The molecule has 0 bridgehead atoms. The highest BCUT2D eigenvalue weighted by Crippen LogP contribution is 2.31. The van der Waals surface area contributed by atoms with Gasteiger partial charge in [-0.15, -0.1) is 11.3 Å². The molecular weight excluding hydrogens is 252 g/mol. The topological polar surface area (TPSA) is 12.0 Å². The van der Waals surface area contributed by atoms with Crippen LogP contribution >= 0.6 is 11.3 Å². The van der Waals surface area contributed by atoms with Crippen LogP contribution in [0.1, 0.15) is 26.9 Å². The van der Waals surface area contributed by atoms with Gasteiger partial charge in [-0.3, -0.25) is 0 Å². The van der Waals surface area contributed by atoms with Crippen molar-refractivity contribution in [3.63, 3.8) is 0 Å². The molecule has 2 rings (SSSR count). The lowest BCUT2D eigenvalue weighted by molar-refractivity contribution is 0.551. The van der Waals surface area contributed by atoms with Gasteiger partial charge in [0.05, 0.1) is 6.04 Å². The van der Waals surface area contributed by atoms with Gasteiger partial charge in [-0.2, -0.15) is 0 Å². The normalized spacial score (nSPS) is 12.7. The molecule has 0 amide bonds. The summed E-state index contributed by atoms with van der Waals surface area (Å²) in [5.41, 5.74) is 1.52. The number of rotatable bonds is 3. The highest BCUT2D eigenvalue weighted by atomic mass is 32.1. The second-order valence-corrected chi connectivity index (χ2v) is 5.72. The van der Waals surface area contributed by atoms with Gasteiger partial charge in [0.15, 0.2) is 0 Å². The van der Waals surface area contributed by atoms with Crippen LogP contribution in [0.5, 0.6) is 0 Å². The van der Waals surface area contributed by atoms with Crippen molar-refractivity contribution in [1.82, 2.24) is 5.32 Å². The zero-order valence-electron chi connectivity index (χ0n) is 10.6. The summed E-state index contributed by atoms with van der Waals surface area (Å²) < 4.78 is 26.8. The maximum absolute atomic E-state index is 13.8. The molecule has 18 heavy (non-hydrogen) atoms. The summed E-state index contributed by atoms with van der Waals surface area (Å²) in [6.45, 7) is 4.04. The molecule has 1 unspecified atom stereocenters. The van der Waals surface area contributed by atoms with Gasteiger partial charge in [-0.1, -0.05) is 6.07 Å². The molecule has 96 valence electrons. The molecule has 0 saturated carbocycles. The zero-order chi connectivity index (χ0) is 13.3. The Balaban J connectivity index is 2.48. The molecule has 1 aromatic heterocycles. The highest BCUT2D eigenvalue weighted by Gasteiger charge is 2.19. The lowest BCUT2D eigenvalue weighted by atomic mass is 9.98. The van der Waals surface area contributed by atoms with Crippen LogP contribution in [0.15, 0.2) is 24.3 Å². The first-order chi connectivity index (χ1) is 8.52. The Morgan fingerprint density at radius 3 is 2.33 bits per heavy atom. The molecule has 0 spiro atoms. The molecule has 1 aromatic carbocycles. The number of hydrogen-bond acceptors (Lipinski definition) is 2. The lowest BCUT2D eigenvalue weighted by Crippen LogP contribution is -2.19. The third-order valence-electron chi connectivity index (χ3n) is 2.95. The van der Waals surface area contributed by atoms with Crippen LogP contribution in [0.4, 0.5) is 8.78 Å². The van der Waals surface area contributed by atoms with Crippen LogP contribution in [-0.4, -0.2) is 7.05 Å². The predicted octanol–water partition coefficient (Wildman–Crippen LogP) is 3.95. The van der Waals surface area contributed by atoms with Gasteiger partial charge in [-0.25, -0.2) is 8.78 Å². The summed E-state index contributed by atoms with van der Waals surface area (Å²) in [4.78, 5) is 2.33. The summed E-state index contributed by atoms with van der Waals surface area (Å²) in [5.74, 6) is -1.07. The van der Waals surface area contributed by atoms with E-state index in [1.807, 2.05) is 19.9 Å². The van der Waals surface area contributed by atoms with E-state index in [4.69, 9.17) is 0 Å². The molecule has 1 atom stereocenters. The molecule has 0 aliphatic rings. The van der Waals surface area contributed by atoms with Gasteiger partial charge < -0.3 is 5.32 Å². The van der Waals surface area contributed by atoms with Crippen LogP contribution in [0, 0.1) is 25.5 Å². The average molecular weight is 267 g/mol. The SMILES string of the molecule is CNC(c1ccc(F)cc1F)c1cc(C)sc1C. The smallest absolute Gasteiger partial charge is 0.131 e. The van der Waals surface area contributed by atoms with E-state index < -0.39 is 11.6 Å². The van der Waals surface area contributed by atoms with Gasteiger partial charge in [-0.05, 0) is 38.6 Å². The minimum atomic E-state index is -0.552. The average Bonchev–Trinajstić information content (AvgIpc) is 2.62. The summed E-state index contributed by atoms with van der Waals surface area (Å²) >= 11 is 1.68. The summed E-state index contributed by atoms with van der Waals surface area (Å²) in [6, 6.07) is 5.52. The van der Waals surface area contributed by atoms with Gasteiger partial charge in [0.2, 0.25) is 0 Å². The molecule has 4 heteroatoms. The summed E-state index contributed by atoms with van der Waals surface area (Å²) in [6.07, 6.45) is 0. The highest BCUT2D eigenvalue weighted by molar-refractivity contribution is 7.12. The Morgan fingerprint density at radius 1 is 1.11 bits per heavy atom. The molecule has 0 saturated heterocycles. The second-order valence-electron chi connectivity index (χ2n) is 4.26. The van der Waals surface area contributed by atoms with E-state index in [9.17, 15) is 8.78 Å². The lowest BCUT2D eigenvalue weighted by Gasteiger charge is -2.17. The quantitative estimate of drug-likeness (QED) is 0.887. The van der Waals surface area contributed by atoms with Crippen LogP contribution < -0.4 is 5.32 Å². The minimum absolute atomic E-state index is 0.240. The summed E-state index contributed by atoms with van der Waals surface area (Å²) in [5, 5.41) is 3.09. The number of nitrogens with one attached hydrogen (secondary N) is 1. The number of halogens is 2. The van der Waals surface area contributed by atoms with E-state index in [2.05, 4.69) is 5.32 Å². The van der Waals surface area contributed by atoms with Gasteiger partial charge >= 0.3 is 0 Å². The van der Waals surface area contributed by atoms with Gasteiger partial charge in [0.25, 0.3) is 0 Å². The fraction of sp³-hybridized carbons (Fsp3) is 0.286. The molecule has 2 aromatic rings. The van der Waals surface area contributed by atoms with Crippen LogP contribution in [0.2, 0.25) is 0 Å². The van der Waals surface area contributed by atoms with E-state index in [0.29, 0.717) is 5.56 Å². The number of thiophene rings is 1. The number of benzene rings is 1. The number of aryl methyl sites for hydroxylation is 2. The van der Waals surface area contributed by atoms with Crippen molar-refractivity contribution >= 4 is 11.3 Å². The Bertz CT molecular complexity index is 563. The van der Waals surface area contributed by atoms with Gasteiger partial charge in [0.1, 0.15) is 11.6 Å². The standard InChI is InChI=1S/C14H15F2NS/c1-8-6-12(9(2)18-8)14(17-3)11-5-4-10(15)7-13(11)16/h4-7,14,17H,1-3H3. The summed E-state index contributed by atoms with van der Waals surface area (Å²) in [7, 11) is 1.78. The predicted molar refractivity (Wildman–Crippen MR) is 71.1 cm³/mol. The molecule has 0 fully saturated rings. The monoisotopic (exact) mass is 267 g/mol. The fourth-order valence-electron chi connectivity index (χ4n) is 2.15.